The number of carbonyl (C=O) groups excluding carboxylic acids is 1. The van der Waals surface area contributed by atoms with E-state index in [1.807, 2.05) is 0 Å². The van der Waals surface area contributed by atoms with Crippen LogP contribution in [0.1, 0.15) is 18.4 Å². The van der Waals surface area contributed by atoms with Crippen molar-refractivity contribution in [1.29, 1.82) is 0 Å². The van der Waals surface area contributed by atoms with Crippen molar-refractivity contribution in [2.24, 2.45) is 0 Å². The zero-order valence-corrected chi connectivity index (χ0v) is 10.2. The first-order valence-corrected chi connectivity index (χ1v) is 5.29. The van der Waals surface area contributed by atoms with Gasteiger partial charge in [0.1, 0.15) is 0 Å². The molecular weight excluding hydrogens is 238 g/mol. The zero-order valence-electron chi connectivity index (χ0n) is 9.35. The Morgan fingerprint density at radius 2 is 2.06 bits per heavy atom. The highest BCUT2D eigenvalue weighted by Gasteiger charge is 2.21. The summed E-state index contributed by atoms with van der Waals surface area (Å²) in [7, 11) is 0. The third kappa shape index (κ3) is 4.00. The third-order valence-electron chi connectivity index (χ3n) is 2.45. The van der Waals surface area contributed by atoms with Crippen LogP contribution in [-0.4, -0.2) is 11.9 Å². The van der Waals surface area contributed by atoms with Crippen LogP contribution < -0.4 is 16.8 Å². The molecule has 1 aliphatic rings. The Bertz CT molecular complexity index is 441. The largest absolute Gasteiger partial charge is 0.399 e. The second kappa shape index (κ2) is 5.59. The van der Waals surface area contributed by atoms with Gasteiger partial charge in [0.05, 0.1) is 0 Å². The molecule has 1 amide bonds. The van der Waals surface area contributed by atoms with Crippen molar-refractivity contribution in [2.75, 3.05) is 11.5 Å². The molecule has 0 unspecified atom stereocenters. The molecule has 1 fully saturated rings. The molecule has 1 aromatic carbocycles. The Morgan fingerprint density at radius 1 is 1.35 bits per heavy atom. The summed E-state index contributed by atoms with van der Waals surface area (Å²) in [6.07, 6.45) is 5.34. The van der Waals surface area contributed by atoms with Gasteiger partial charge in [-0.25, -0.2) is 0 Å². The smallest absolute Gasteiger partial charge is 0.244 e. The molecule has 1 saturated carbocycles. The van der Waals surface area contributed by atoms with Crippen molar-refractivity contribution in [1.82, 2.24) is 5.32 Å². The normalized spacial score (nSPS) is 14.4. The Labute approximate surface area is 106 Å². The molecule has 1 aromatic rings. The van der Waals surface area contributed by atoms with E-state index < -0.39 is 0 Å². The second-order valence-electron chi connectivity index (χ2n) is 4.00. The molecule has 0 heterocycles. The fourth-order valence-corrected chi connectivity index (χ4v) is 1.38. The lowest BCUT2D eigenvalue weighted by Gasteiger charge is -2.01. The van der Waals surface area contributed by atoms with E-state index in [0.717, 1.165) is 18.4 Å². The fourth-order valence-electron chi connectivity index (χ4n) is 1.38. The van der Waals surface area contributed by atoms with Crippen LogP contribution in [-0.2, 0) is 4.79 Å². The lowest BCUT2D eigenvalue weighted by atomic mass is 10.1. The number of amides is 1. The van der Waals surface area contributed by atoms with E-state index in [2.05, 4.69) is 5.32 Å². The summed E-state index contributed by atoms with van der Waals surface area (Å²) in [5, 5.41) is 2.86. The molecule has 0 spiro atoms. The number of nitrogens with two attached hydrogens (primary N) is 2. The molecule has 1 aliphatic carbocycles. The number of nitrogen functional groups attached to an aromatic ring is 2. The first kappa shape index (κ1) is 13.4. The van der Waals surface area contributed by atoms with Crippen LogP contribution in [0.2, 0.25) is 0 Å². The van der Waals surface area contributed by atoms with Crippen molar-refractivity contribution in [3.63, 3.8) is 0 Å². The van der Waals surface area contributed by atoms with Gasteiger partial charge in [0.2, 0.25) is 5.91 Å². The van der Waals surface area contributed by atoms with Crippen LogP contribution in [0.4, 0.5) is 11.4 Å². The molecule has 92 valence electrons. The average molecular weight is 254 g/mol. The molecular formula is C12H16ClN3O. The number of halogens is 1. The number of anilines is 2. The minimum atomic E-state index is -0.0793. The van der Waals surface area contributed by atoms with Gasteiger partial charge in [0.15, 0.2) is 0 Å². The van der Waals surface area contributed by atoms with Crippen molar-refractivity contribution >= 4 is 35.8 Å². The van der Waals surface area contributed by atoms with Crippen molar-refractivity contribution < 1.29 is 4.79 Å². The molecule has 0 bridgehead atoms. The Kier molecular flexibility index (Phi) is 4.40. The third-order valence-corrected chi connectivity index (χ3v) is 2.45. The summed E-state index contributed by atoms with van der Waals surface area (Å²) >= 11 is 0. The van der Waals surface area contributed by atoms with Crippen molar-refractivity contribution in [3.8, 4) is 0 Å². The van der Waals surface area contributed by atoms with E-state index in [-0.39, 0.29) is 18.3 Å². The highest BCUT2D eigenvalue weighted by atomic mass is 35.5. The summed E-state index contributed by atoms with van der Waals surface area (Å²) in [5.74, 6) is -0.0793. The van der Waals surface area contributed by atoms with Gasteiger partial charge in [-0.2, -0.15) is 0 Å². The molecule has 5 heteroatoms. The lowest BCUT2D eigenvalue weighted by Crippen LogP contribution is -2.22. The fraction of sp³-hybridized carbons (Fsp3) is 0.250. The van der Waals surface area contributed by atoms with Crippen molar-refractivity contribution in [3.05, 3.63) is 29.8 Å². The minimum Gasteiger partial charge on any atom is -0.399 e. The van der Waals surface area contributed by atoms with E-state index in [0.29, 0.717) is 17.4 Å². The van der Waals surface area contributed by atoms with Gasteiger partial charge in [-0.1, -0.05) is 0 Å². The average Bonchev–Trinajstić information content (AvgIpc) is 3.03. The molecule has 0 aromatic heterocycles. The van der Waals surface area contributed by atoms with Gasteiger partial charge in [-0.3, -0.25) is 4.79 Å². The SMILES string of the molecule is Cl.Nc1ccc(N)c(/C=C/C(=O)NC2CC2)c1. The van der Waals surface area contributed by atoms with Gasteiger partial charge in [0, 0.05) is 23.5 Å². The maximum Gasteiger partial charge on any atom is 0.244 e. The highest BCUT2D eigenvalue weighted by molar-refractivity contribution is 5.93. The van der Waals surface area contributed by atoms with Crippen LogP contribution in [0.3, 0.4) is 0 Å². The van der Waals surface area contributed by atoms with E-state index >= 15 is 0 Å². The van der Waals surface area contributed by atoms with E-state index in [1.54, 1.807) is 24.3 Å². The molecule has 0 aliphatic heterocycles. The van der Waals surface area contributed by atoms with Crippen LogP contribution in [0.25, 0.3) is 6.08 Å². The van der Waals surface area contributed by atoms with Crippen molar-refractivity contribution in [2.45, 2.75) is 18.9 Å². The van der Waals surface area contributed by atoms with Gasteiger partial charge in [-0.05, 0) is 42.7 Å². The maximum atomic E-state index is 11.4. The Morgan fingerprint density at radius 3 is 2.71 bits per heavy atom. The summed E-state index contributed by atoms with van der Waals surface area (Å²) in [4.78, 5) is 11.4. The second-order valence-corrected chi connectivity index (χ2v) is 4.00. The molecule has 5 N–H and O–H groups in total. The van der Waals surface area contributed by atoms with E-state index in [1.165, 1.54) is 6.08 Å². The standard InChI is InChI=1S/C12H15N3O.ClH/c13-9-2-5-11(14)8(7-9)1-6-12(16)15-10-3-4-10;/h1-2,5-7,10H,3-4,13-14H2,(H,15,16);1H/b6-1+;. The number of carbonyl (C=O) groups is 1. The zero-order chi connectivity index (χ0) is 11.5. The van der Waals surface area contributed by atoms with Crippen LogP contribution >= 0.6 is 12.4 Å². The predicted octanol–water partition coefficient (Wildman–Crippen LogP) is 1.56. The van der Waals surface area contributed by atoms with E-state index in [4.69, 9.17) is 11.5 Å². The molecule has 0 radical (unpaired) electrons. The summed E-state index contributed by atoms with van der Waals surface area (Å²) in [5.41, 5.74) is 13.4. The molecule has 17 heavy (non-hydrogen) atoms. The molecule has 0 atom stereocenters. The van der Waals surface area contributed by atoms with Crippen LogP contribution in [0, 0.1) is 0 Å². The Hall–Kier alpha value is -1.68. The first-order valence-electron chi connectivity index (χ1n) is 5.29. The minimum absolute atomic E-state index is 0. The number of benzene rings is 1. The van der Waals surface area contributed by atoms with Crippen LogP contribution in [0.15, 0.2) is 24.3 Å². The predicted molar refractivity (Wildman–Crippen MR) is 72.7 cm³/mol. The van der Waals surface area contributed by atoms with E-state index in [9.17, 15) is 4.79 Å². The Balaban J connectivity index is 0.00000144. The topological polar surface area (TPSA) is 81.1 Å². The summed E-state index contributed by atoms with van der Waals surface area (Å²) in [6.45, 7) is 0. The van der Waals surface area contributed by atoms with Gasteiger partial charge in [-0.15, -0.1) is 12.4 Å². The molecule has 4 nitrogen and oxygen atoms in total. The molecule has 2 rings (SSSR count). The highest BCUT2D eigenvalue weighted by Crippen LogP contribution is 2.19. The summed E-state index contributed by atoms with van der Waals surface area (Å²) < 4.78 is 0. The number of hydrogen-bond donors (Lipinski definition) is 3. The van der Waals surface area contributed by atoms with Gasteiger partial charge < -0.3 is 16.8 Å². The quantitative estimate of drug-likeness (QED) is 0.565. The number of rotatable bonds is 3. The summed E-state index contributed by atoms with van der Waals surface area (Å²) in [6, 6.07) is 5.58. The molecule has 0 saturated heterocycles. The number of hydrogen-bond acceptors (Lipinski definition) is 3. The van der Waals surface area contributed by atoms with Gasteiger partial charge >= 0.3 is 0 Å². The van der Waals surface area contributed by atoms with Crippen LogP contribution in [0.5, 0.6) is 0 Å². The lowest BCUT2D eigenvalue weighted by molar-refractivity contribution is -0.116. The first-order chi connectivity index (χ1) is 7.65. The number of nitrogens with one attached hydrogen (secondary N) is 1. The van der Waals surface area contributed by atoms with Gasteiger partial charge in [0.25, 0.3) is 0 Å². The maximum absolute atomic E-state index is 11.4. The monoisotopic (exact) mass is 253 g/mol.